The van der Waals surface area contributed by atoms with Gasteiger partial charge in [-0.2, -0.15) is 0 Å². The maximum absolute atomic E-state index is 11.3. The molecular weight excluding hydrogens is 400 g/mol. The first-order chi connectivity index (χ1) is 14.2. The normalized spacial score (nSPS) is 11.7. The molecular formula is C18H14N4O8. The van der Waals surface area contributed by atoms with Gasteiger partial charge >= 0.3 is 0 Å². The summed E-state index contributed by atoms with van der Waals surface area (Å²) in [6.45, 7) is 0. The Kier molecular flexibility index (Phi) is 7.01. The van der Waals surface area contributed by atoms with Gasteiger partial charge in [-0.05, 0) is 35.4 Å². The van der Waals surface area contributed by atoms with Crippen molar-refractivity contribution >= 4 is 23.5 Å². The highest BCUT2D eigenvalue weighted by atomic mass is 16.6. The molecule has 0 bridgehead atoms. The van der Waals surface area contributed by atoms with Crippen molar-refractivity contribution in [2.75, 3.05) is 0 Å². The van der Waals surface area contributed by atoms with Crippen LogP contribution in [0.4, 0.5) is 11.4 Å². The molecule has 12 heteroatoms. The summed E-state index contributed by atoms with van der Waals surface area (Å²) in [7, 11) is 0. The highest BCUT2D eigenvalue weighted by Gasteiger charge is 2.18. The fraction of sp³-hybridized carbons (Fsp3) is 0.111. The van der Waals surface area contributed by atoms with E-state index < -0.39 is 19.7 Å². The van der Waals surface area contributed by atoms with Crippen LogP contribution in [0.15, 0.2) is 59.9 Å². The summed E-state index contributed by atoms with van der Waals surface area (Å²) in [4.78, 5) is 41.4. The number of nitro benzene ring substituents is 2. The van der Waals surface area contributed by atoms with Crippen molar-refractivity contribution in [1.82, 2.24) is 0 Å². The van der Waals surface area contributed by atoms with Crippen LogP contribution >= 0.6 is 0 Å². The van der Waals surface area contributed by atoms with Crippen LogP contribution in [0.3, 0.4) is 0 Å². The molecule has 0 aliphatic rings. The summed E-state index contributed by atoms with van der Waals surface area (Å²) in [6, 6.07) is 10.1. The van der Waals surface area contributed by atoms with Crippen molar-refractivity contribution in [3.05, 3.63) is 112 Å². The number of non-ortho nitro benzene ring substituents is 2. The summed E-state index contributed by atoms with van der Waals surface area (Å²) < 4.78 is 0. The molecule has 0 saturated heterocycles. The van der Waals surface area contributed by atoms with Gasteiger partial charge in [-0.3, -0.25) is 40.5 Å². The van der Waals surface area contributed by atoms with Crippen molar-refractivity contribution in [1.29, 1.82) is 0 Å². The lowest BCUT2D eigenvalue weighted by Crippen LogP contribution is -2.04. The van der Waals surface area contributed by atoms with E-state index >= 15 is 0 Å². The number of benzene rings is 2. The van der Waals surface area contributed by atoms with Crippen LogP contribution in [0, 0.1) is 40.5 Å². The van der Waals surface area contributed by atoms with Gasteiger partial charge in [-0.15, -0.1) is 0 Å². The fourth-order valence-corrected chi connectivity index (χ4v) is 2.46. The van der Waals surface area contributed by atoms with Crippen molar-refractivity contribution in [3.63, 3.8) is 0 Å². The van der Waals surface area contributed by atoms with Crippen LogP contribution < -0.4 is 0 Å². The summed E-state index contributed by atoms with van der Waals surface area (Å²) in [5.41, 5.74) is -0.267. The Balaban J connectivity index is 2.20. The van der Waals surface area contributed by atoms with Crippen molar-refractivity contribution in [2.45, 2.75) is 12.8 Å². The Morgan fingerprint density at radius 3 is 1.13 bits per heavy atom. The van der Waals surface area contributed by atoms with E-state index in [2.05, 4.69) is 0 Å². The molecule has 0 aliphatic carbocycles. The van der Waals surface area contributed by atoms with Gasteiger partial charge in [0.1, 0.15) is 0 Å². The number of nitrogens with zero attached hydrogens (tertiary/aromatic N) is 4. The zero-order valence-electron chi connectivity index (χ0n) is 15.2. The lowest BCUT2D eigenvalue weighted by molar-refractivity contribution is -0.435. The standard InChI is InChI=1S/C18H14N4O8/c23-19(24)15-5-1-13(2-6-15)11-17(21(27)28)9-10-18(22(29)30)12-14-3-7-16(8-4-14)20(25)26/h1-8,11-12H,9-10H2. The SMILES string of the molecule is O=[N+]([O-])C(=Cc1ccc([N+](=O)[O-])cc1)CCC(=Cc1ccc([N+](=O)[O-])cc1)[N+](=O)[O-]. The molecule has 0 spiro atoms. The van der Waals surface area contributed by atoms with Crippen LogP contribution in [0.2, 0.25) is 0 Å². The zero-order valence-corrected chi connectivity index (χ0v) is 15.2. The van der Waals surface area contributed by atoms with Gasteiger partial charge < -0.3 is 0 Å². The largest absolute Gasteiger partial charge is 0.269 e. The smallest absolute Gasteiger partial charge is 0.259 e. The molecule has 30 heavy (non-hydrogen) atoms. The minimum atomic E-state index is -0.676. The Morgan fingerprint density at radius 1 is 0.600 bits per heavy atom. The van der Waals surface area contributed by atoms with Crippen LogP contribution in [0.1, 0.15) is 24.0 Å². The quantitative estimate of drug-likeness (QED) is 0.433. The number of rotatable bonds is 9. The van der Waals surface area contributed by atoms with Crippen molar-refractivity contribution in [2.24, 2.45) is 0 Å². The summed E-state index contributed by atoms with van der Waals surface area (Å²) in [5, 5.41) is 43.9. The first kappa shape index (κ1) is 21.8. The molecule has 2 aromatic rings. The molecule has 0 radical (unpaired) electrons. The Labute approximate surface area is 168 Å². The zero-order chi connectivity index (χ0) is 22.3. The summed E-state index contributed by atoms with van der Waals surface area (Å²) in [6.07, 6.45) is 1.86. The molecule has 0 amide bonds. The molecule has 154 valence electrons. The summed E-state index contributed by atoms with van der Waals surface area (Å²) in [5.74, 6) is 0. The van der Waals surface area contributed by atoms with Crippen LogP contribution in [-0.4, -0.2) is 19.7 Å². The highest BCUT2D eigenvalue weighted by Crippen LogP contribution is 2.21. The van der Waals surface area contributed by atoms with E-state index in [1.165, 1.54) is 60.7 Å². The second-order valence-corrected chi connectivity index (χ2v) is 5.98. The monoisotopic (exact) mass is 414 g/mol. The van der Waals surface area contributed by atoms with E-state index in [0.717, 1.165) is 0 Å². The van der Waals surface area contributed by atoms with Gasteiger partial charge in [-0.1, -0.05) is 0 Å². The third-order valence-corrected chi connectivity index (χ3v) is 3.98. The first-order valence-corrected chi connectivity index (χ1v) is 8.36. The van der Waals surface area contributed by atoms with E-state index in [4.69, 9.17) is 0 Å². The number of hydrogen-bond acceptors (Lipinski definition) is 8. The minimum Gasteiger partial charge on any atom is -0.259 e. The molecule has 0 N–H and O–H groups in total. The first-order valence-electron chi connectivity index (χ1n) is 8.36. The molecule has 2 aromatic carbocycles. The Hall–Kier alpha value is -4.48. The molecule has 0 aliphatic heterocycles. The molecule has 0 heterocycles. The maximum atomic E-state index is 11.3. The number of hydrogen-bond donors (Lipinski definition) is 0. The highest BCUT2D eigenvalue weighted by molar-refractivity contribution is 5.55. The second-order valence-electron chi connectivity index (χ2n) is 5.98. The molecule has 0 saturated carbocycles. The lowest BCUT2D eigenvalue weighted by Gasteiger charge is -2.01. The topological polar surface area (TPSA) is 173 Å². The van der Waals surface area contributed by atoms with Gasteiger partial charge in [0.15, 0.2) is 0 Å². The van der Waals surface area contributed by atoms with E-state index in [1.807, 2.05) is 0 Å². The average Bonchev–Trinajstić information content (AvgIpc) is 2.70. The van der Waals surface area contributed by atoms with Gasteiger partial charge in [0.25, 0.3) is 11.4 Å². The van der Waals surface area contributed by atoms with Crippen LogP contribution in [-0.2, 0) is 0 Å². The van der Waals surface area contributed by atoms with Crippen molar-refractivity contribution < 1.29 is 19.7 Å². The van der Waals surface area contributed by atoms with E-state index in [0.29, 0.717) is 11.1 Å². The van der Waals surface area contributed by atoms with Gasteiger partial charge in [0.2, 0.25) is 11.4 Å². The molecule has 12 nitrogen and oxygen atoms in total. The third kappa shape index (κ3) is 6.02. The fourth-order valence-electron chi connectivity index (χ4n) is 2.46. The van der Waals surface area contributed by atoms with Gasteiger partial charge in [-0.25, -0.2) is 0 Å². The summed E-state index contributed by atoms with van der Waals surface area (Å²) >= 11 is 0. The lowest BCUT2D eigenvalue weighted by atomic mass is 10.1. The average molecular weight is 414 g/mol. The third-order valence-electron chi connectivity index (χ3n) is 3.98. The van der Waals surface area contributed by atoms with Crippen molar-refractivity contribution in [3.8, 4) is 0 Å². The predicted octanol–water partition coefficient (Wildman–Crippen LogP) is 4.22. The number of allylic oxidation sites excluding steroid dienone is 2. The molecule has 0 atom stereocenters. The molecule has 0 aromatic heterocycles. The van der Waals surface area contributed by atoms with Crippen LogP contribution in [0.25, 0.3) is 12.2 Å². The van der Waals surface area contributed by atoms with E-state index in [9.17, 15) is 40.5 Å². The molecule has 0 unspecified atom stereocenters. The Bertz CT molecular complexity index is 957. The maximum Gasteiger partial charge on any atom is 0.269 e. The van der Waals surface area contributed by atoms with Gasteiger partial charge in [0.05, 0.1) is 19.7 Å². The van der Waals surface area contributed by atoms with Gasteiger partial charge in [0, 0.05) is 49.3 Å². The molecule has 2 rings (SSSR count). The Morgan fingerprint density at radius 2 is 0.900 bits per heavy atom. The van der Waals surface area contributed by atoms with E-state index in [1.54, 1.807) is 0 Å². The van der Waals surface area contributed by atoms with E-state index in [-0.39, 0.29) is 35.6 Å². The predicted molar refractivity (Wildman–Crippen MR) is 105 cm³/mol. The van der Waals surface area contributed by atoms with Crippen LogP contribution in [0.5, 0.6) is 0 Å². The molecule has 0 fully saturated rings. The minimum absolute atomic E-state index is 0.170. The number of nitro groups is 4. The second kappa shape index (κ2) is 9.64.